The molecule has 1 aromatic carbocycles. The molecule has 7 amide bonds. The average Bonchev–Trinajstić information content (AvgIpc) is 1.53. The first-order valence-electron chi connectivity index (χ1n) is 34.8. The van der Waals surface area contributed by atoms with Crippen molar-refractivity contribution in [3.63, 3.8) is 0 Å². The first-order chi connectivity index (χ1) is 48.1. The first-order valence-corrected chi connectivity index (χ1v) is 37.9. The van der Waals surface area contributed by atoms with E-state index < -0.39 is 156 Å². The summed E-state index contributed by atoms with van der Waals surface area (Å²) in [5, 5.41) is 38.1. The number of phosphoric ester groups is 1. The van der Waals surface area contributed by atoms with Crippen LogP contribution in [0.15, 0.2) is 67.8 Å². The Hall–Kier alpha value is -6.89. The topological polar surface area (TPSA) is 558 Å². The van der Waals surface area contributed by atoms with Crippen LogP contribution in [0.5, 0.6) is 0 Å². The van der Waals surface area contributed by atoms with Gasteiger partial charge in [0, 0.05) is 108 Å². The summed E-state index contributed by atoms with van der Waals surface area (Å²) in [5.74, 6) is -7.40. The number of aryl methyl sites for hydroxylation is 2. The van der Waals surface area contributed by atoms with Crippen molar-refractivity contribution >= 4 is 84.9 Å². The number of rotatable bonds is 31. The largest absolute Gasteiger partial charge is 3.00 e. The number of imidazole rings is 1. The molecule has 32 nitrogen and oxygen atoms in total. The number of aliphatic hydroxyl groups is 2. The van der Waals surface area contributed by atoms with Crippen LogP contribution >= 0.6 is 15.4 Å². The molecule has 2 aromatic rings. The fourth-order valence-corrected chi connectivity index (χ4v) is 17.4. The number of hydrogen-bond donors (Lipinski definition) is 12. The van der Waals surface area contributed by atoms with Crippen molar-refractivity contribution in [1.29, 1.82) is 5.26 Å². The monoisotopic (exact) mass is 1550 g/mol. The zero-order valence-electron chi connectivity index (χ0n) is 62.3. The maximum atomic E-state index is 14.4. The number of carbonyl (C=O) groups is 7. The fourth-order valence-electron chi connectivity index (χ4n) is 16.0. The second-order valence-corrected chi connectivity index (χ2v) is 33.9. The third-order valence-corrected chi connectivity index (χ3v) is 25.0. The van der Waals surface area contributed by atoms with Crippen LogP contribution in [0.3, 0.4) is 0 Å². The molecular formula is C70H106CoN15O17P2. The Kier molecular flexibility index (Phi) is 29.2. The van der Waals surface area contributed by atoms with Crippen LogP contribution in [0.1, 0.15) is 184 Å². The maximum absolute atomic E-state index is 14.4. The summed E-state index contributed by atoms with van der Waals surface area (Å²) in [4.78, 5) is 146. The van der Waals surface area contributed by atoms with E-state index in [4.69, 9.17) is 90.1 Å². The number of nitrogens with zero attached hydrogens (tertiary/aromatic N) is 7. The van der Waals surface area contributed by atoms with E-state index in [1.165, 1.54) is 31.7 Å². The molecule has 18 N–H and O–H groups in total. The number of unbranched alkanes of at least 4 members (excludes halogenated alkanes) is 1. The molecule has 0 saturated carbocycles. The molecule has 8 rings (SSSR count). The number of amides is 7. The van der Waals surface area contributed by atoms with Crippen molar-refractivity contribution in [3.05, 3.63) is 75.8 Å². The van der Waals surface area contributed by atoms with Crippen LogP contribution in [0.25, 0.3) is 16.4 Å². The van der Waals surface area contributed by atoms with Crippen LogP contribution in [0.4, 0.5) is 0 Å². The quantitative estimate of drug-likeness (QED) is 0.0276. The molecule has 0 aliphatic carbocycles. The number of aliphatic imine (C=N–C) groups is 3. The van der Waals surface area contributed by atoms with Crippen molar-refractivity contribution in [2.24, 2.45) is 94.7 Å². The van der Waals surface area contributed by atoms with E-state index in [9.17, 15) is 57.8 Å². The zero-order valence-corrected chi connectivity index (χ0v) is 65.1. The number of aliphatic hydroxyl groups excluding tert-OH is 2. The van der Waals surface area contributed by atoms with Crippen molar-refractivity contribution < 1.29 is 98.1 Å². The number of primary amides is 6. The third kappa shape index (κ3) is 19.0. The van der Waals surface area contributed by atoms with Crippen LogP contribution in [0, 0.1) is 71.0 Å². The summed E-state index contributed by atoms with van der Waals surface area (Å²) < 4.78 is 42.8. The van der Waals surface area contributed by atoms with Crippen molar-refractivity contribution in [1.82, 2.24) is 20.2 Å². The molecule has 0 spiro atoms. The van der Waals surface area contributed by atoms with Crippen LogP contribution in [-0.2, 0) is 73.3 Å². The average molecular weight is 1550 g/mol. The summed E-state index contributed by atoms with van der Waals surface area (Å²) in [6.45, 7) is 29.4. The Bertz CT molecular complexity index is 3980. The molecule has 15 atom stereocenters. The number of hydrogen-bond acceptors (Lipinski definition) is 21. The van der Waals surface area contributed by atoms with E-state index in [-0.39, 0.29) is 94.0 Å². The van der Waals surface area contributed by atoms with Crippen molar-refractivity contribution in [3.8, 4) is 0 Å². The zero-order chi connectivity index (χ0) is 78.5. The molecule has 105 heavy (non-hydrogen) atoms. The Morgan fingerprint density at radius 3 is 1.92 bits per heavy atom. The van der Waals surface area contributed by atoms with Gasteiger partial charge in [0.05, 0.1) is 41.3 Å². The number of allylic oxidation sites excluding steroid dienone is 6. The Balaban J connectivity index is 0.00000120. The number of aromatic nitrogens is 2. The minimum Gasteiger partial charge on any atom is -0.756 e. The molecule has 6 aliphatic heterocycles. The van der Waals surface area contributed by atoms with Gasteiger partial charge in [-0.15, -0.1) is 0 Å². The van der Waals surface area contributed by atoms with E-state index >= 15 is 0 Å². The normalized spacial score (nSPS) is 30.9. The molecule has 2 saturated heterocycles. The minimum absolute atomic E-state index is 0. The molecule has 1 aromatic heterocycles. The van der Waals surface area contributed by atoms with Gasteiger partial charge in [-0.05, 0) is 146 Å². The summed E-state index contributed by atoms with van der Waals surface area (Å²) in [7, 11) is -9.34. The number of carbonyl (C=O) groups excluding carboxylic acids is 7. The SMILES string of the molecule is C/C1=C2/[N-][C@H]([C@H](CC(N)=O)[C@@]2(C)CCC(=O)NC[C@@H](C)OP(=O)([O-])O[C@H]2[C@@H](O)[C@@H](n3cnc4cc(C)c(C)cc43)O[C@@H]2CO)[C@]2(C)N=C(/C(C)=C3N=C(/C=C4N=C1[C@@H](CCC(N)=O)C\4(C)C)[C@@H](CCC(N)=O)[C@]\3(C)CC(N)=O)[C@@H](CCC(N)=O)[C@]2(C)CC(N)=O.CCCCNC(C)(C)P(=O)(O)O.[C-]#N.[Co+3]. The standard InChI is InChI=1S/C62H90N13O14P.C7H18NO3P.CN.Co/c1-29-20-39-40(21-30(29)2)75(28-70-39)57-52(84)53(41(27-76)87-57)89-90(85,86)88-31(3)26-69-49(83)18-19-59(8)37(22-46(66)80)56-62(11)61(10,25-48(68)82)36(14-17-45(65)79)51(74-62)33(5)55-60(9,24-47(67)81)34(12-15-43(63)77)38(71-55)23-42-58(6,7)35(13-16-44(64)78)50(72-42)32(4)54(59)73-56;1-4-5-6-8-7(2,3)12(9,10)11;1-2;/h20-21,23,28,31,34-37,41,52-53,56-57,76,84H,12-19,22,24-27H2,1-11H3,(H15,63,64,65,66,67,68,69,71,72,73,74,77,78,79,80,81,82,83,85,86);8H,4-6H2,1-3H3,(H2,9,10,11);;/q;;-1;+3/p-2/t31-,34-,35-,36-,37+,41-,52-,53-,56-,57+,59-,60+,61+,62+;;;/m1.../s1. The smallest absolute Gasteiger partial charge is 0.756 e. The Morgan fingerprint density at radius 1 is 0.810 bits per heavy atom. The predicted octanol–water partition coefficient (Wildman–Crippen LogP) is 4.70. The fraction of sp³-hybridized carbons (Fsp3) is 0.657. The second kappa shape index (κ2) is 34.6. The number of ether oxygens (including phenoxy) is 1. The number of nitrogens with one attached hydrogen (secondary N) is 2. The number of benzene rings is 1. The van der Waals surface area contributed by atoms with Gasteiger partial charge in [0.1, 0.15) is 23.6 Å². The molecule has 582 valence electrons. The summed E-state index contributed by atoms with van der Waals surface area (Å²) in [6.07, 6.45) is -2.84. The van der Waals surface area contributed by atoms with E-state index in [1.54, 1.807) is 6.92 Å². The molecule has 8 bridgehead atoms. The molecule has 7 heterocycles. The van der Waals surface area contributed by atoms with E-state index in [2.05, 4.69) is 15.6 Å². The van der Waals surface area contributed by atoms with E-state index in [1.807, 2.05) is 87.4 Å². The number of fused-ring (bicyclic) bond motifs is 7. The molecular weight excluding hydrogens is 1440 g/mol. The molecule has 2 fully saturated rings. The first kappa shape index (κ1) is 88.7. The van der Waals surface area contributed by atoms with Gasteiger partial charge in [0.2, 0.25) is 41.4 Å². The van der Waals surface area contributed by atoms with Crippen molar-refractivity contribution in [2.75, 3.05) is 19.7 Å². The summed E-state index contributed by atoms with van der Waals surface area (Å²) in [6, 6.07) is 2.65. The molecule has 0 radical (unpaired) electrons. The summed E-state index contributed by atoms with van der Waals surface area (Å²) >= 11 is 0. The van der Waals surface area contributed by atoms with Gasteiger partial charge in [-0.2, -0.15) is 5.70 Å². The number of phosphoric acid groups is 1. The molecule has 1 unspecified atom stereocenters. The maximum Gasteiger partial charge on any atom is 3.00 e. The predicted molar refractivity (Wildman–Crippen MR) is 386 cm³/mol. The molecule has 35 heteroatoms. The van der Waals surface area contributed by atoms with Crippen LogP contribution in [0.2, 0.25) is 0 Å². The van der Waals surface area contributed by atoms with Gasteiger partial charge in [-0.3, -0.25) is 57.7 Å². The minimum atomic E-state index is -5.32. The van der Waals surface area contributed by atoms with Gasteiger partial charge in [0.15, 0.2) is 6.23 Å². The summed E-state index contributed by atoms with van der Waals surface area (Å²) in [5.41, 5.74) is 36.7. The second-order valence-electron chi connectivity index (χ2n) is 30.4. The van der Waals surface area contributed by atoms with Crippen LogP contribution < -0.4 is 49.9 Å². The Morgan fingerprint density at radius 2 is 1.38 bits per heavy atom. The van der Waals surface area contributed by atoms with E-state index in [0.717, 1.165) is 24.0 Å². The van der Waals surface area contributed by atoms with Crippen LogP contribution in [-0.4, -0.2) is 149 Å². The van der Waals surface area contributed by atoms with Crippen molar-refractivity contribution in [2.45, 2.75) is 228 Å². The molecule has 6 aliphatic rings. The van der Waals surface area contributed by atoms with Gasteiger partial charge >= 0.3 is 24.4 Å². The van der Waals surface area contributed by atoms with Gasteiger partial charge in [-0.25, -0.2) is 4.98 Å². The van der Waals surface area contributed by atoms with E-state index in [0.29, 0.717) is 63.0 Å². The Labute approximate surface area is 623 Å². The van der Waals surface area contributed by atoms with Gasteiger partial charge in [-0.1, -0.05) is 54.0 Å². The number of nitrogens with two attached hydrogens (primary N) is 6. The van der Waals surface area contributed by atoms with Gasteiger partial charge < -0.3 is 105 Å². The third-order valence-electron chi connectivity index (χ3n) is 22.3. The van der Waals surface area contributed by atoms with Gasteiger partial charge in [0.25, 0.3) is 7.82 Å².